The Labute approximate surface area is 213 Å². The van der Waals surface area contributed by atoms with Crippen LogP contribution in [-0.4, -0.2) is 43.8 Å². The van der Waals surface area contributed by atoms with Crippen molar-refractivity contribution in [3.8, 4) is 0 Å². The minimum atomic E-state index is -0.896. The van der Waals surface area contributed by atoms with Gasteiger partial charge in [-0.2, -0.15) is 0 Å². The van der Waals surface area contributed by atoms with E-state index in [1.54, 1.807) is 61.7 Å². The number of aryl methyl sites for hydroxylation is 1. The number of aliphatic carboxylic acids is 1. The van der Waals surface area contributed by atoms with Crippen LogP contribution in [0.5, 0.6) is 0 Å². The topological polar surface area (TPSA) is 152 Å². The number of benzene rings is 2. The first-order valence-corrected chi connectivity index (χ1v) is 11.8. The quantitative estimate of drug-likeness (QED) is 0.229. The monoisotopic (exact) mass is 500 g/mol. The number of carbonyl (C=O) groups is 3. The summed E-state index contributed by atoms with van der Waals surface area (Å²) in [6, 6.07) is 15.5. The zero-order chi connectivity index (χ0) is 26.5. The average molecular weight is 501 g/mol. The predicted octanol–water partition coefficient (Wildman–Crippen LogP) is 3.43. The minimum Gasteiger partial charge on any atom is -0.481 e. The number of nitrogens with two attached hydrogens (primary N) is 1. The summed E-state index contributed by atoms with van der Waals surface area (Å²) in [6.07, 6.45) is 2.02. The van der Waals surface area contributed by atoms with Crippen molar-refractivity contribution in [3.63, 3.8) is 0 Å². The van der Waals surface area contributed by atoms with E-state index in [4.69, 9.17) is 10.7 Å². The number of rotatable bonds is 11. The second kappa shape index (κ2) is 10.9. The van der Waals surface area contributed by atoms with Gasteiger partial charge in [0.15, 0.2) is 5.78 Å². The second-order valence-electron chi connectivity index (χ2n) is 8.64. The molecule has 1 atom stereocenters. The van der Waals surface area contributed by atoms with Gasteiger partial charge >= 0.3 is 5.97 Å². The number of fused-ring (bicyclic) bond motifs is 1. The number of carboxylic acids is 1. The highest BCUT2D eigenvalue weighted by Crippen LogP contribution is 2.22. The van der Waals surface area contributed by atoms with Crippen molar-refractivity contribution < 1.29 is 19.5 Å². The van der Waals surface area contributed by atoms with Crippen molar-refractivity contribution in [2.75, 3.05) is 17.2 Å². The van der Waals surface area contributed by atoms with Crippen LogP contribution in [0.15, 0.2) is 60.8 Å². The zero-order valence-corrected chi connectivity index (χ0v) is 20.6. The molecule has 190 valence electrons. The van der Waals surface area contributed by atoms with Gasteiger partial charge < -0.3 is 26.0 Å². The lowest BCUT2D eigenvalue weighted by molar-refractivity contribution is -0.141. The number of ketones is 1. The molecule has 4 aromatic rings. The van der Waals surface area contributed by atoms with Crippen molar-refractivity contribution in [2.45, 2.75) is 19.9 Å². The Morgan fingerprint density at radius 1 is 1.05 bits per heavy atom. The van der Waals surface area contributed by atoms with Gasteiger partial charge in [0.2, 0.25) is 5.91 Å². The van der Waals surface area contributed by atoms with E-state index in [-0.39, 0.29) is 12.3 Å². The van der Waals surface area contributed by atoms with Gasteiger partial charge in [-0.3, -0.25) is 14.4 Å². The Morgan fingerprint density at radius 2 is 1.78 bits per heavy atom. The summed E-state index contributed by atoms with van der Waals surface area (Å²) < 4.78 is 1.95. The largest absolute Gasteiger partial charge is 0.481 e. The van der Waals surface area contributed by atoms with Crippen LogP contribution in [-0.2, 0) is 18.4 Å². The summed E-state index contributed by atoms with van der Waals surface area (Å²) in [6.45, 7) is 2.41. The van der Waals surface area contributed by atoms with Gasteiger partial charge in [0.05, 0.1) is 29.1 Å². The van der Waals surface area contributed by atoms with Crippen LogP contribution in [0, 0.1) is 5.92 Å². The number of aromatic nitrogens is 3. The van der Waals surface area contributed by atoms with Gasteiger partial charge in [-0.15, -0.1) is 0 Å². The van der Waals surface area contributed by atoms with Gasteiger partial charge in [-0.1, -0.05) is 6.92 Å². The number of primary amides is 1. The molecular weight excluding hydrogens is 472 g/mol. The van der Waals surface area contributed by atoms with Gasteiger partial charge in [-0.05, 0) is 61.0 Å². The lowest BCUT2D eigenvalue weighted by atomic mass is 10.0. The Morgan fingerprint density at radius 3 is 2.46 bits per heavy atom. The number of pyridine rings is 1. The average Bonchev–Trinajstić information content (AvgIpc) is 3.22. The van der Waals surface area contributed by atoms with Crippen LogP contribution in [0.25, 0.3) is 11.0 Å². The molecule has 0 bridgehead atoms. The first-order chi connectivity index (χ1) is 17.8. The number of imidazole rings is 1. The maximum Gasteiger partial charge on any atom is 0.308 e. The molecule has 2 heterocycles. The number of anilines is 2. The van der Waals surface area contributed by atoms with Crippen molar-refractivity contribution >= 4 is 40.2 Å². The van der Waals surface area contributed by atoms with Crippen LogP contribution in [0.4, 0.5) is 11.5 Å². The van der Waals surface area contributed by atoms with Crippen molar-refractivity contribution in [1.29, 1.82) is 0 Å². The van der Waals surface area contributed by atoms with Crippen LogP contribution in [0.2, 0.25) is 0 Å². The van der Waals surface area contributed by atoms with E-state index >= 15 is 0 Å². The summed E-state index contributed by atoms with van der Waals surface area (Å²) in [7, 11) is 1.90. The van der Waals surface area contributed by atoms with Gasteiger partial charge in [0, 0.05) is 36.6 Å². The fraction of sp³-hybridized carbons (Fsp3) is 0.222. The molecule has 0 spiro atoms. The number of carbonyl (C=O) groups excluding carboxylic acids is 2. The standard InChI is InChI=1S/C27H28N6O4/c1-3-16(27(36)37)14-31-26-20(5-4-12-29-26)24(34)18-8-11-22-21(13-18)32-23(33(22)2)15-30-19-9-6-17(7-10-19)25(28)35/h4-13,16,30H,3,14-15H2,1-2H3,(H2,28,35)(H,29,31)(H,36,37). The Bertz CT molecular complexity index is 1460. The molecule has 1 amide bonds. The molecule has 0 saturated heterocycles. The predicted molar refractivity (Wildman–Crippen MR) is 141 cm³/mol. The summed E-state index contributed by atoms with van der Waals surface area (Å²) in [4.78, 5) is 44.9. The molecule has 1 unspecified atom stereocenters. The fourth-order valence-electron chi connectivity index (χ4n) is 3.99. The maximum absolute atomic E-state index is 13.4. The Kier molecular flexibility index (Phi) is 7.47. The summed E-state index contributed by atoms with van der Waals surface area (Å²) >= 11 is 0. The number of carboxylic acid groups (broad SMARTS) is 1. The second-order valence-corrected chi connectivity index (χ2v) is 8.64. The third-order valence-electron chi connectivity index (χ3n) is 6.27. The highest BCUT2D eigenvalue weighted by atomic mass is 16.4. The third-order valence-corrected chi connectivity index (χ3v) is 6.27. The highest BCUT2D eigenvalue weighted by Gasteiger charge is 2.19. The fourth-order valence-corrected chi connectivity index (χ4v) is 3.99. The van der Waals surface area contributed by atoms with Crippen LogP contribution in [0.1, 0.15) is 45.4 Å². The van der Waals surface area contributed by atoms with E-state index in [1.165, 1.54) is 0 Å². The number of nitrogens with zero attached hydrogens (tertiary/aromatic N) is 3. The Hall–Kier alpha value is -4.73. The van der Waals surface area contributed by atoms with E-state index < -0.39 is 17.8 Å². The van der Waals surface area contributed by atoms with E-state index in [9.17, 15) is 19.5 Å². The van der Waals surface area contributed by atoms with Crippen molar-refractivity contribution in [3.05, 3.63) is 83.3 Å². The lowest BCUT2D eigenvalue weighted by Gasteiger charge is -2.14. The minimum absolute atomic E-state index is 0.171. The molecular formula is C27H28N6O4. The molecule has 0 radical (unpaired) electrons. The van der Waals surface area contributed by atoms with E-state index in [1.807, 2.05) is 17.7 Å². The van der Waals surface area contributed by atoms with Gasteiger partial charge in [0.25, 0.3) is 0 Å². The zero-order valence-electron chi connectivity index (χ0n) is 20.6. The van der Waals surface area contributed by atoms with Crippen molar-refractivity contribution in [2.24, 2.45) is 18.7 Å². The Balaban J connectivity index is 1.53. The highest BCUT2D eigenvalue weighted by molar-refractivity contribution is 6.13. The molecule has 10 nitrogen and oxygen atoms in total. The molecule has 0 aliphatic heterocycles. The normalized spacial score (nSPS) is 11.7. The molecule has 0 saturated carbocycles. The number of hydrogen-bond acceptors (Lipinski definition) is 7. The van der Waals surface area contributed by atoms with Crippen LogP contribution >= 0.6 is 0 Å². The van der Waals surface area contributed by atoms with Crippen LogP contribution < -0.4 is 16.4 Å². The lowest BCUT2D eigenvalue weighted by Crippen LogP contribution is -2.23. The number of nitrogens with one attached hydrogen (secondary N) is 2. The molecule has 0 aliphatic carbocycles. The SMILES string of the molecule is CCC(CNc1ncccc1C(=O)c1ccc2c(c1)nc(CNc1ccc(C(N)=O)cc1)n2C)C(=O)O. The molecule has 4 rings (SSSR count). The van der Waals surface area contributed by atoms with Gasteiger partial charge in [0.1, 0.15) is 11.6 Å². The molecule has 5 N–H and O–H groups in total. The molecule has 0 fully saturated rings. The summed E-state index contributed by atoms with van der Waals surface area (Å²) in [5.41, 5.74) is 8.89. The van der Waals surface area contributed by atoms with E-state index in [0.717, 1.165) is 17.0 Å². The van der Waals surface area contributed by atoms with E-state index in [0.29, 0.717) is 41.0 Å². The molecule has 2 aromatic heterocycles. The first-order valence-electron chi connectivity index (χ1n) is 11.8. The molecule has 0 aliphatic rings. The molecule has 10 heteroatoms. The van der Waals surface area contributed by atoms with E-state index in [2.05, 4.69) is 15.6 Å². The third kappa shape index (κ3) is 5.58. The first kappa shape index (κ1) is 25.4. The number of hydrogen-bond donors (Lipinski definition) is 4. The smallest absolute Gasteiger partial charge is 0.308 e. The summed E-state index contributed by atoms with van der Waals surface area (Å²) in [5, 5.41) is 15.6. The van der Waals surface area contributed by atoms with Crippen LogP contribution in [0.3, 0.4) is 0 Å². The molecule has 37 heavy (non-hydrogen) atoms. The maximum atomic E-state index is 13.4. The number of amides is 1. The van der Waals surface area contributed by atoms with Gasteiger partial charge in [-0.25, -0.2) is 9.97 Å². The summed E-state index contributed by atoms with van der Waals surface area (Å²) in [5.74, 6) is -1.08. The molecule has 2 aromatic carbocycles. The van der Waals surface area contributed by atoms with Crippen molar-refractivity contribution in [1.82, 2.24) is 14.5 Å².